The molecule has 16 heterocycles. The molecular weight excluding hydrogens is 1940 g/mol. The smallest absolute Gasteiger partial charge is 0.303 e. The number of carbonyl (C=O) groups excluding carboxylic acids is 1. The highest BCUT2D eigenvalue weighted by molar-refractivity contribution is 6.37. The van der Waals surface area contributed by atoms with Crippen LogP contribution in [-0.2, 0) is 4.79 Å². The normalized spacial score (nSPS) is 20.4. The summed E-state index contributed by atoms with van der Waals surface area (Å²) in [5.74, 6) is 7.25. The van der Waals surface area contributed by atoms with E-state index in [-0.39, 0.29) is 67.1 Å². The summed E-state index contributed by atoms with van der Waals surface area (Å²) in [4.78, 5) is 79.8. The molecule has 8 aromatic heterocycles. The van der Waals surface area contributed by atoms with Gasteiger partial charge >= 0.3 is 5.97 Å². The van der Waals surface area contributed by atoms with Gasteiger partial charge in [0, 0.05) is 158 Å². The fourth-order valence-corrected chi connectivity index (χ4v) is 23.7. The number of carbonyl (C=O) groups is 2. The fourth-order valence-electron chi connectivity index (χ4n) is 21.5. The van der Waals surface area contributed by atoms with E-state index in [0.29, 0.717) is 133 Å². The summed E-state index contributed by atoms with van der Waals surface area (Å²) in [5, 5.41) is 80.3. The Hall–Kier alpha value is -9.56. The zero-order chi connectivity index (χ0) is 98.6. The lowest BCUT2D eigenvalue weighted by Crippen LogP contribution is -2.54. The summed E-state index contributed by atoms with van der Waals surface area (Å²) >= 11 is 50.2. The van der Waals surface area contributed by atoms with E-state index in [1.165, 1.54) is 51.9 Å². The van der Waals surface area contributed by atoms with E-state index in [1.807, 2.05) is 75.8 Å². The van der Waals surface area contributed by atoms with Crippen molar-refractivity contribution in [3.05, 3.63) is 183 Å². The van der Waals surface area contributed by atoms with Gasteiger partial charge in [0.25, 0.3) is 0 Å². The van der Waals surface area contributed by atoms with E-state index in [1.54, 1.807) is 75.1 Å². The van der Waals surface area contributed by atoms with Crippen LogP contribution < -0.4 is 19.6 Å². The van der Waals surface area contributed by atoms with Gasteiger partial charge in [-0.25, -0.2) is 53.6 Å². The number of ketones is 1. The van der Waals surface area contributed by atoms with Gasteiger partial charge in [-0.15, -0.1) is 0 Å². The average Bonchev–Trinajstić information content (AvgIpc) is 1.61. The summed E-state index contributed by atoms with van der Waals surface area (Å²) in [7, 11) is 0. The van der Waals surface area contributed by atoms with Gasteiger partial charge < -0.3 is 59.6 Å². The number of hydrogen-bond acceptors (Lipinski definition) is 27. The molecule has 8 fully saturated rings. The zero-order valence-electron chi connectivity index (χ0n) is 79.6. The highest BCUT2D eigenvalue weighted by atomic mass is 35.5. The molecule has 0 radical (unpaired) electrons. The van der Waals surface area contributed by atoms with Crippen molar-refractivity contribution in [1.82, 2.24) is 98.6 Å². The number of Topliss-reactive ketones (excluding diaryl/α,β-unsaturated/α-hetero) is 1. The molecule has 8 aliphatic rings. The van der Waals surface area contributed by atoms with E-state index in [9.17, 15) is 35.4 Å². The molecule has 140 heavy (non-hydrogen) atoms. The first-order valence-corrected chi connectivity index (χ1v) is 51.6. The Balaban J connectivity index is 0.000000129. The maximum Gasteiger partial charge on any atom is 0.303 e. The second-order valence-electron chi connectivity index (χ2n) is 38.9. The first kappa shape index (κ1) is 102. The Morgan fingerprint density at radius 3 is 1.12 bits per heavy atom. The number of carboxylic acids is 1. The summed E-state index contributed by atoms with van der Waals surface area (Å²) in [6.45, 7) is 32.9. The highest BCUT2D eigenvalue weighted by Gasteiger charge is 2.43. The summed E-state index contributed by atoms with van der Waals surface area (Å²) in [6, 6.07) is 25.1. The van der Waals surface area contributed by atoms with Crippen molar-refractivity contribution in [2.45, 2.75) is 143 Å². The molecule has 9 atom stereocenters. The standard InChI is InChI=1S/C27H32Cl2N6O3.C25H29Cl2N7O.C24H27Cl2N7O.C24H30Cl2N6O/c1-16(21-8-7-20(28)11-22(21)29)35-27-26(25(32-35)17(2)36)30-12-23(31-27)34-14-19(15-34)18-5-3-9-33(13-18)10-4-6-24(37)38;1-15(35)11-32-7-3-4-17(12-32)18-13-33(14-18)23-10-29-24-22(9-28)31-34(25(24)30-23)16(2)20-6-5-19(26)8-21(20)27;1-15(19-5-4-18(25)9-20(19)26)33-24-23(21(10-27)30-33)28-11-22(29-24)32-13-17(14-32)16-3-2-6-31(12-16)7-8-34;1-15-21-11-27-24(31-13-18(14-31)17-4-3-7-30(12-17)8-9-33)28-23(21)32(29-15)16(2)20-6-5-19(25)10-22(20)26/h7-8,11-12,16,18-19H,3-6,9-10,13-15H2,1-2H3,(H,37,38);5-6,8,10,15-18,35H,3-4,7,11-14H2,1-2H3;4-5,9,11,15-17,34H,2-3,6-8,12-14H2,1H3;5-6,10-11,16-18,33H,3-4,7-9,12-14H2,1-2H3. The lowest BCUT2D eigenvalue weighted by atomic mass is 9.80. The van der Waals surface area contributed by atoms with Gasteiger partial charge in [-0.2, -0.15) is 35.9 Å². The van der Waals surface area contributed by atoms with Crippen molar-refractivity contribution in [2.75, 3.05) is 164 Å². The van der Waals surface area contributed by atoms with E-state index >= 15 is 0 Å². The monoisotopic (exact) mass is 2060 g/mol. The summed E-state index contributed by atoms with van der Waals surface area (Å²) in [5.41, 5.74) is 9.17. The van der Waals surface area contributed by atoms with Gasteiger partial charge in [-0.3, -0.25) is 9.59 Å². The SMILES string of the molecule is CC(=O)c1nn(C(C)c2ccc(Cl)cc2Cl)c2nc(N3CC(C4CCCN(CCCC(=O)O)C4)C3)cnc12.CC(O)CN1CCCC(C2CN(c3cnc4c(C#N)nn(C(C)c5ccc(Cl)cc5Cl)c4n3)C2)C1.CC(c1ccc(Cl)cc1Cl)n1nc(C#N)c2ncc(N3CC(C4CCCN(CCO)C4)C3)nc21.Cc1nn(C(C)c2ccc(Cl)cc2Cl)c2nc(N3CC(C4CCCN(CCO)C4)C3)ncc12. The van der Waals surface area contributed by atoms with E-state index < -0.39 is 5.97 Å². The number of fused-ring (bicyclic) bond motifs is 4. The van der Waals surface area contributed by atoms with Crippen LogP contribution in [0.3, 0.4) is 0 Å². The number of piperidine rings is 4. The fraction of sp³-hybridized carbons (Fsp3) is 0.520. The van der Waals surface area contributed by atoms with E-state index in [4.69, 9.17) is 123 Å². The van der Waals surface area contributed by atoms with Crippen LogP contribution in [0.25, 0.3) is 44.5 Å². The third-order valence-corrected chi connectivity index (χ3v) is 31.7. The highest BCUT2D eigenvalue weighted by Crippen LogP contribution is 2.43. The largest absolute Gasteiger partial charge is 0.481 e. The molecule has 40 heteroatoms. The molecular formula is C100H118Cl8N26O6. The van der Waals surface area contributed by atoms with Crippen molar-refractivity contribution < 1.29 is 30.0 Å². The quantitative estimate of drug-likeness (QED) is 0.0347. The molecule has 8 saturated heterocycles. The van der Waals surface area contributed by atoms with Gasteiger partial charge in [0.15, 0.2) is 45.5 Å². The Labute approximate surface area is 854 Å². The van der Waals surface area contributed by atoms with Crippen molar-refractivity contribution in [1.29, 1.82) is 10.5 Å². The number of aromatic nitrogens is 16. The Morgan fingerprint density at radius 2 is 0.764 bits per heavy atom. The number of benzene rings is 4. The molecule has 8 aliphatic heterocycles. The number of aryl methyl sites for hydroxylation is 1. The van der Waals surface area contributed by atoms with Crippen molar-refractivity contribution in [3.63, 3.8) is 0 Å². The number of rotatable bonds is 27. The Bertz CT molecular complexity index is 6540. The molecule has 0 saturated carbocycles. The van der Waals surface area contributed by atoms with Gasteiger partial charge in [0.1, 0.15) is 46.1 Å². The number of aliphatic carboxylic acids is 1. The second kappa shape index (κ2) is 45.2. The van der Waals surface area contributed by atoms with Crippen molar-refractivity contribution in [2.24, 2.45) is 47.3 Å². The molecule has 4 aromatic carbocycles. The number of anilines is 4. The van der Waals surface area contributed by atoms with Crippen LogP contribution in [0.5, 0.6) is 0 Å². The number of likely N-dealkylation sites (tertiary alicyclic amines) is 4. The van der Waals surface area contributed by atoms with Crippen LogP contribution in [0.1, 0.15) is 180 Å². The molecule has 12 aromatic rings. The molecule has 4 N–H and O–H groups in total. The average molecular weight is 2060 g/mol. The Morgan fingerprint density at radius 1 is 0.421 bits per heavy atom. The maximum absolute atomic E-state index is 12.3. The minimum absolute atomic E-state index is 0.0856. The predicted octanol–water partition coefficient (Wildman–Crippen LogP) is 17.0. The van der Waals surface area contributed by atoms with Crippen LogP contribution in [0.4, 0.5) is 23.4 Å². The molecule has 0 bridgehead atoms. The number of aliphatic hydroxyl groups excluding tert-OH is 3. The van der Waals surface area contributed by atoms with Gasteiger partial charge in [-0.05, 0) is 250 Å². The van der Waals surface area contributed by atoms with Crippen LogP contribution in [0, 0.1) is 76.9 Å². The molecule has 0 amide bonds. The molecule has 0 aliphatic carbocycles. The number of nitrogens with zero attached hydrogens (tertiary/aromatic N) is 26. The van der Waals surface area contributed by atoms with Crippen LogP contribution >= 0.6 is 92.8 Å². The number of β-amino-alcohol motifs (C(OH)–C–C–N with tert-alkyl or cyclic N) is 3. The molecule has 32 nitrogen and oxygen atoms in total. The van der Waals surface area contributed by atoms with Crippen LogP contribution in [-0.4, -0.2) is 281 Å². The van der Waals surface area contributed by atoms with Crippen molar-refractivity contribution >= 4 is 172 Å². The molecule has 9 unspecified atom stereocenters. The number of aliphatic hydroxyl groups is 3. The van der Waals surface area contributed by atoms with Gasteiger partial charge in [0.05, 0.1) is 73.2 Å². The lowest BCUT2D eigenvalue weighted by molar-refractivity contribution is -0.137. The predicted molar refractivity (Wildman–Crippen MR) is 549 cm³/mol. The maximum atomic E-state index is 12.3. The molecule has 740 valence electrons. The van der Waals surface area contributed by atoms with E-state index in [0.717, 1.165) is 200 Å². The number of nitriles is 2. The number of carboxylic acid groups (broad SMARTS) is 1. The van der Waals surface area contributed by atoms with E-state index in [2.05, 4.69) is 93.5 Å². The van der Waals surface area contributed by atoms with Crippen LogP contribution in [0.2, 0.25) is 40.2 Å². The van der Waals surface area contributed by atoms with Crippen molar-refractivity contribution in [3.8, 4) is 12.1 Å². The Kier molecular flexibility index (Phi) is 32.9. The number of hydrogen-bond donors (Lipinski definition) is 4. The lowest BCUT2D eigenvalue weighted by Gasteiger charge is -2.47. The molecule has 0 spiro atoms. The minimum atomic E-state index is -0.728. The zero-order valence-corrected chi connectivity index (χ0v) is 85.7. The van der Waals surface area contributed by atoms with Crippen LogP contribution in [0.15, 0.2) is 97.6 Å². The molecule has 20 rings (SSSR count). The topological polar surface area (TPSA) is 363 Å². The summed E-state index contributed by atoms with van der Waals surface area (Å²) < 4.78 is 7.12. The van der Waals surface area contributed by atoms with Gasteiger partial charge in [0.2, 0.25) is 5.95 Å². The number of halogens is 8. The third kappa shape index (κ3) is 22.8. The van der Waals surface area contributed by atoms with Gasteiger partial charge in [-0.1, -0.05) is 117 Å². The minimum Gasteiger partial charge on any atom is -0.481 e. The summed E-state index contributed by atoms with van der Waals surface area (Å²) in [6.07, 6.45) is 17.4. The second-order valence-corrected chi connectivity index (χ2v) is 42.3. The first-order valence-electron chi connectivity index (χ1n) is 48.6. The first-order chi connectivity index (χ1) is 67.5. The third-order valence-electron chi connectivity index (χ3n) is 29.4.